The monoisotopic (exact) mass is 296 g/mol. The van der Waals surface area contributed by atoms with Crippen LogP contribution in [0.3, 0.4) is 0 Å². The molecule has 2 fully saturated rings. The molecule has 1 saturated heterocycles. The Kier molecular flexibility index (Phi) is 3.85. The van der Waals surface area contributed by atoms with Crippen LogP contribution in [0.15, 0.2) is 30.3 Å². The molecule has 1 aromatic rings. The third kappa shape index (κ3) is 2.93. The van der Waals surface area contributed by atoms with Crippen LogP contribution < -0.4 is 4.46 Å². The molecule has 1 nitrogen and oxygen atoms in total. The van der Waals surface area contributed by atoms with Crippen molar-refractivity contribution in [3.05, 3.63) is 30.3 Å². The van der Waals surface area contributed by atoms with E-state index in [2.05, 4.69) is 30.3 Å². The van der Waals surface area contributed by atoms with Gasteiger partial charge in [0.1, 0.15) is 0 Å². The molecule has 92 valence electrons. The summed E-state index contributed by atoms with van der Waals surface area (Å²) in [6.07, 6.45) is 8.06. The van der Waals surface area contributed by atoms with E-state index >= 15 is 0 Å². The van der Waals surface area contributed by atoms with E-state index in [1.54, 1.807) is 0 Å². The molecule has 17 heavy (non-hydrogen) atoms. The van der Waals surface area contributed by atoms with Crippen molar-refractivity contribution in [1.82, 2.24) is 0 Å². The molecule has 3 rings (SSSR count). The Morgan fingerprint density at radius 2 is 1.94 bits per heavy atom. The van der Waals surface area contributed by atoms with Gasteiger partial charge in [0.25, 0.3) is 0 Å². The molecule has 3 atom stereocenters. The van der Waals surface area contributed by atoms with Gasteiger partial charge >= 0.3 is 110 Å². The summed E-state index contributed by atoms with van der Waals surface area (Å²) in [5.74, 6) is 0.889. The van der Waals surface area contributed by atoms with Crippen molar-refractivity contribution < 1.29 is 4.74 Å². The van der Waals surface area contributed by atoms with Gasteiger partial charge in [-0.1, -0.05) is 0 Å². The first kappa shape index (κ1) is 11.8. The molecule has 2 heteroatoms. The first-order chi connectivity index (χ1) is 8.42. The molecular weight excluding hydrogens is 275 g/mol. The van der Waals surface area contributed by atoms with Crippen LogP contribution in [0.1, 0.15) is 32.1 Å². The molecular formula is C15H20OSe. The van der Waals surface area contributed by atoms with Crippen molar-refractivity contribution in [2.45, 2.75) is 49.6 Å². The summed E-state index contributed by atoms with van der Waals surface area (Å²) >= 11 is 0.597. The van der Waals surface area contributed by atoms with Gasteiger partial charge in [0.15, 0.2) is 0 Å². The summed E-state index contributed by atoms with van der Waals surface area (Å²) in [6, 6.07) is 10.9. The van der Waals surface area contributed by atoms with Crippen LogP contribution in [0.2, 0.25) is 5.32 Å². The molecule has 1 aromatic carbocycles. The van der Waals surface area contributed by atoms with Crippen LogP contribution >= 0.6 is 0 Å². The van der Waals surface area contributed by atoms with Crippen LogP contribution in [-0.4, -0.2) is 27.2 Å². The van der Waals surface area contributed by atoms with Gasteiger partial charge in [-0.05, 0) is 0 Å². The van der Waals surface area contributed by atoms with Gasteiger partial charge in [-0.3, -0.25) is 0 Å². The third-order valence-corrected chi connectivity index (χ3v) is 6.35. The second-order valence-electron chi connectivity index (χ2n) is 5.20. The average molecular weight is 295 g/mol. The van der Waals surface area contributed by atoms with Gasteiger partial charge in [0.05, 0.1) is 0 Å². The van der Waals surface area contributed by atoms with E-state index in [-0.39, 0.29) is 0 Å². The third-order valence-electron chi connectivity index (χ3n) is 3.95. The number of benzene rings is 1. The predicted molar refractivity (Wildman–Crippen MR) is 71.9 cm³/mol. The standard InChI is InChI=1S/C15H20OSe/c1-2-7-14(8-3-1)17-11-13-10-12-6-4-5-9-15(12)16-13/h1-3,7-8,12-13,15H,4-6,9-11H2/t12-,13+,15-/m1/s1. The fourth-order valence-corrected chi connectivity index (χ4v) is 5.05. The van der Waals surface area contributed by atoms with Crippen molar-refractivity contribution in [3.8, 4) is 0 Å². The summed E-state index contributed by atoms with van der Waals surface area (Å²) in [5.41, 5.74) is 0. The van der Waals surface area contributed by atoms with Gasteiger partial charge in [-0.25, -0.2) is 0 Å². The first-order valence-corrected chi connectivity index (χ1v) is 8.82. The van der Waals surface area contributed by atoms with Crippen molar-refractivity contribution in [2.24, 2.45) is 5.92 Å². The zero-order chi connectivity index (χ0) is 11.5. The van der Waals surface area contributed by atoms with E-state index in [9.17, 15) is 0 Å². The van der Waals surface area contributed by atoms with Gasteiger partial charge < -0.3 is 0 Å². The number of fused-ring (bicyclic) bond motifs is 1. The topological polar surface area (TPSA) is 9.23 Å². The molecule has 1 saturated carbocycles. The normalized spacial score (nSPS) is 32.4. The van der Waals surface area contributed by atoms with E-state index in [1.165, 1.54) is 41.9 Å². The van der Waals surface area contributed by atoms with E-state index in [0.717, 1.165) is 5.92 Å². The summed E-state index contributed by atoms with van der Waals surface area (Å²) in [5, 5.41) is 1.27. The Morgan fingerprint density at radius 3 is 2.76 bits per heavy atom. The van der Waals surface area contributed by atoms with E-state index < -0.39 is 0 Å². The van der Waals surface area contributed by atoms with Crippen LogP contribution in [0.25, 0.3) is 0 Å². The molecule has 0 bridgehead atoms. The predicted octanol–water partition coefficient (Wildman–Crippen LogP) is 2.78. The fourth-order valence-electron chi connectivity index (χ4n) is 3.08. The van der Waals surface area contributed by atoms with Gasteiger partial charge in [0, 0.05) is 0 Å². The zero-order valence-corrected chi connectivity index (χ0v) is 11.9. The molecule has 0 unspecified atom stereocenters. The van der Waals surface area contributed by atoms with E-state index in [0.29, 0.717) is 27.2 Å². The Balaban J connectivity index is 1.50. The minimum absolute atomic E-state index is 0.559. The molecule has 0 N–H and O–H groups in total. The van der Waals surface area contributed by atoms with Crippen LogP contribution in [-0.2, 0) is 4.74 Å². The average Bonchev–Trinajstić information content (AvgIpc) is 2.80. The SMILES string of the molecule is c1ccc([Se]C[C@@H]2C[C@H]3CCCC[C@H]3O2)cc1. The molecule has 2 aliphatic rings. The first-order valence-electron chi connectivity index (χ1n) is 6.75. The van der Waals surface area contributed by atoms with Gasteiger partial charge in [-0.15, -0.1) is 0 Å². The van der Waals surface area contributed by atoms with Crippen molar-refractivity contribution in [2.75, 3.05) is 0 Å². The number of hydrogen-bond acceptors (Lipinski definition) is 1. The van der Waals surface area contributed by atoms with Gasteiger partial charge in [0.2, 0.25) is 0 Å². The summed E-state index contributed by atoms with van der Waals surface area (Å²) in [4.78, 5) is 0. The Labute approximate surface area is 110 Å². The molecule has 0 radical (unpaired) electrons. The second kappa shape index (κ2) is 5.56. The van der Waals surface area contributed by atoms with Crippen LogP contribution in [0, 0.1) is 5.92 Å². The summed E-state index contributed by atoms with van der Waals surface area (Å²) in [7, 11) is 0. The Morgan fingerprint density at radius 1 is 1.12 bits per heavy atom. The molecule has 0 spiro atoms. The molecule has 1 aliphatic heterocycles. The fraction of sp³-hybridized carbons (Fsp3) is 0.600. The van der Waals surface area contributed by atoms with Crippen LogP contribution in [0.5, 0.6) is 0 Å². The molecule has 1 heterocycles. The van der Waals surface area contributed by atoms with E-state index in [4.69, 9.17) is 4.74 Å². The maximum absolute atomic E-state index is 6.20. The second-order valence-corrected chi connectivity index (χ2v) is 7.49. The molecule has 0 aromatic heterocycles. The minimum atomic E-state index is 0.559. The summed E-state index contributed by atoms with van der Waals surface area (Å²) < 4.78 is 7.72. The maximum atomic E-state index is 6.20. The number of ether oxygens (including phenoxy) is 1. The van der Waals surface area contributed by atoms with Crippen molar-refractivity contribution >= 4 is 19.4 Å². The quantitative estimate of drug-likeness (QED) is 0.779. The van der Waals surface area contributed by atoms with Crippen LogP contribution in [0.4, 0.5) is 0 Å². The van der Waals surface area contributed by atoms with Gasteiger partial charge in [-0.2, -0.15) is 0 Å². The van der Waals surface area contributed by atoms with E-state index in [1.807, 2.05) is 0 Å². The zero-order valence-electron chi connectivity index (χ0n) is 10.2. The number of rotatable bonds is 3. The molecule has 1 aliphatic carbocycles. The molecule has 0 amide bonds. The number of hydrogen-bond donors (Lipinski definition) is 0. The van der Waals surface area contributed by atoms with Crippen molar-refractivity contribution in [1.29, 1.82) is 0 Å². The van der Waals surface area contributed by atoms with Crippen molar-refractivity contribution in [3.63, 3.8) is 0 Å². The summed E-state index contributed by atoms with van der Waals surface area (Å²) in [6.45, 7) is 0. The Bertz CT molecular complexity index is 337. The Hall–Kier alpha value is -0.301.